The number of nitrogens with zero attached hydrogens (tertiary/aromatic N) is 2. The first-order valence-corrected chi connectivity index (χ1v) is 7.02. The van der Waals surface area contributed by atoms with Crippen molar-refractivity contribution in [1.82, 2.24) is 4.98 Å². The molecule has 1 aliphatic heterocycles. The van der Waals surface area contributed by atoms with E-state index >= 15 is 0 Å². The maximum Gasteiger partial charge on any atom is 0.0729 e. The first-order chi connectivity index (χ1) is 9.92. The molecule has 0 atom stereocenters. The lowest BCUT2D eigenvalue weighted by molar-refractivity contribution is 0.123. The topological polar surface area (TPSA) is 25.4 Å². The number of hydrogen-bond acceptors (Lipinski definition) is 3. The monoisotopic (exact) mass is 264 g/mol. The van der Waals surface area contributed by atoms with Gasteiger partial charge in [0.1, 0.15) is 0 Å². The van der Waals surface area contributed by atoms with Gasteiger partial charge in [0, 0.05) is 30.4 Å². The van der Waals surface area contributed by atoms with E-state index in [4.69, 9.17) is 4.74 Å². The number of hydrogen-bond donors (Lipinski definition) is 0. The molecule has 1 saturated heterocycles. The molecule has 0 N–H and O–H groups in total. The van der Waals surface area contributed by atoms with Crippen LogP contribution in [0.15, 0.2) is 48.7 Å². The second kappa shape index (κ2) is 4.76. The molecule has 20 heavy (non-hydrogen) atoms. The zero-order valence-electron chi connectivity index (χ0n) is 11.2. The van der Waals surface area contributed by atoms with Crippen LogP contribution < -0.4 is 4.90 Å². The first-order valence-electron chi connectivity index (χ1n) is 7.02. The second-order valence-electron chi connectivity index (χ2n) is 5.15. The second-order valence-corrected chi connectivity index (χ2v) is 5.15. The number of fused-ring (bicyclic) bond motifs is 2. The molecule has 0 amide bonds. The van der Waals surface area contributed by atoms with Crippen molar-refractivity contribution in [3.05, 3.63) is 48.7 Å². The maximum absolute atomic E-state index is 5.45. The fourth-order valence-corrected chi connectivity index (χ4v) is 2.90. The van der Waals surface area contributed by atoms with Crippen LogP contribution in [-0.4, -0.2) is 31.3 Å². The third-order valence-corrected chi connectivity index (χ3v) is 3.94. The highest BCUT2D eigenvalue weighted by molar-refractivity contribution is 6.02. The summed E-state index contributed by atoms with van der Waals surface area (Å²) in [6, 6.07) is 15.0. The van der Waals surface area contributed by atoms with Crippen LogP contribution in [0.5, 0.6) is 0 Å². The van der Waals surface area contributed by atoms with Gasteiger partial charge in [0.25, 0.3) is 0 Å². The molecule has 3 heteroatoms. The predicted molar refractivity (Wildman–Crippen MR) is 82.3 cm³/mol. The molecule has 3 aromatic rings. The predicted octanol–water partition coefficient (Wildman–Crippen LogP) is 3.22. The van der Waals surface area contributed by atoms with E-state index < -0.39 is 0 Å². The van der Waals surface area contributed by atoms with Crippen molar-refractivity contribution < 1.29 is 4.74 Å². The summed E-state index contributed by atoms with van der Waals surface area (Å²) in [5.74, 6) is 0. The molecule has 0 unspecified atom stereocenters. The van der Waals surface area contributed by atoms with Gasteiger partial charge in [-0.05, 0) is 29.0 Å². The normalized spacial score (nSPS) is 15.9. The number of morpholine rings is 1. The van der Waals surface area contributed by atoms with Crippen LogP contribution in [0, 0.1) is 0 Å². The lowest BCUT2D eigenvalue weighted by Gasteiger charge is -2.29. The van der Waals surface area contributed by atoms with E-state index in [1.165, 1.54) is 21.8 Å². The van der Waals surface area contributed by atoms with Crippen molar-refractivity contribution in [1.29, 1.82) is 0 Å². The zero-order valence-corrected chi connectivity index (χ0v) is 11.2. The fourth-order valence-electron chi connectivity index (χ4n) is 2.90. The number of benzene rings is 2. The molecular formula is C17H16N2O. The molecule has 0 radical (unpaired) electrons. The molecule has 2 heterocycles. The van der Waals surface area contributed by atoms with Gasteiger partial charge in [-0.25, -0.2) is 0 Å². The van der Waals surface area contributed by atoms with Crippen molar-refractivity contribution in [3.8, 4) is 0 Å². The Balaban J connectivity index is 1.94. The van der Waals surface area contributed by atoms with Crippen LogP contribution in [0.1, 0.15) is 0 Å². The lowest BCUT2D eigenvalue weighted by Crippen LogP contribution is -2.36. The Hall–Kier alpha value is -2.13. The van der Waals surface area contributed by atoms with Gasteiger partial charge in [0.15, 0.2) is 0 Å². The Morgan fingerprint density at radius 3 is 2.50 bits per heavy atom. The standard InChI is InChI=1S/C17H16N2O/c1-2-4-14-12-16-15(11-13(14)3-1)17(5-6-18-16)19-7-9-20-10-8-19/h1-6,11-12H,7-10H2. The van der Waals surface area contributed by atoms with Crippen molar-refractivity contribution in [2.75, 3.05) is 31.2 Å². The van der Waals surface area contributed by atoms with Gasteiger partial charge in [0.05, 0.1) is 18.7 Å². The number of pyridine rings is 1. The van der Waals surface area contributed by atoms with E-state index in [1.54, 1.807) is 0 Å². The van der Waals surface area contributed by atoms with E-state index in [-0.39, 0.29) is 0 Å². The Labute approximate surface area is 117 Å². The van der Waals surface area contributed by atoms with Crippen LogP contribution in [0.2, 0.25) is 0 Å². The van der Waals surface area contributed by atoms with Crippen LogP contribution in [0.3, 0.4) is 0 Å². The maximum atomic E-state index is 5.45. The summed E-state index contributed by atoms with van der Waals surface area (Å²) in [6.45, 7) is 3.51. The average Bonchev–Trinajstić information content (AvgIpc) is 2.53. The van der Waals surface area contributed by atoms with E-state index in [9.17, 15) is 0 Å². The molecule has 1 aromatic heterocycles. The largest absolute Gasteiger partial charge is 0.378 e. The van der Waals surface area contributed by atoms with E-state index in [0.29, 0.717) is 0 Å². The molecule has 4 rings (SSSR count). The summed E-state index contributed by atoms with van der Waals surface area (Å²) in [4.78, 5) is 6.92. The van der Waals surface area contributed by atoms with Gasteiger partial charge in [-0.3, -0.25) is 4.98 Å². The number of anilines is 1. The van der Waals surface area contributed by atoms with Crippen LogP contribution >= 0.6 is 0 Å². The SMILES string of the molecule is c1ccc2cc3c(N4CCOCC4)ccnc3cc2c1. The van der Waals surface area contributed by atoms with Crippen LogP contribution in [0.4, 0.5) is 5.69 Å². The van der Waals surface area contributed by atoms with Gasteiger partial charge in [0.2, 0.25) is 0 Å². The molecule has 0 spiro atoms. The molecule has 0 aliphatic carbocycles. The van der Waals surface area contributed by atoms with Gasteiger partial charge in [-0.15, -0.1) is 0 Å². The molecule has 0 bridgehead atoms. The van der Waals surface area contributed by atoms with Crippen LogP contribution in [-0.2, 0) is 4.74 Å². The minimum Gasteiger partial charge on any atom is -0.378 e. The summed E-state index contributed by atoms with van der Waals surface area (Å²) in [6.07, 6.45) is 1.90. The minimum absolute atomic E-state index is 0.803. The van der Waals surface area contributed by atoms with Crippen molar-refractivity contribution in [2.45, 2.75) is 0 Å². The van der Waals surface area contributed by atoms with Gasteiger partial charge >= 0.3 is 0 Å². The molecular weight excluding hydrogens is 248 g/mol. The van der Waals surface area contributed by atoms with Crippen molar-refractivity contribution in [3.63, 3.8) is 0 Å². The highest BCUT2D eigenvalue weighted by Gasteiger charge is 2.14. The number of rotatable bonds is 1. The van der Waals surface area contributed by atoms with E-state index in [1.807, 2.05) is 6.20 Å². The minimum atomic E-state index is 0.803. The molecule has 1 fully saturated rings. The number of ether oxygens (including phenoxy) is 1. The summed E-state index contributed by atoms with van der Waals surface area (Å²) < 4.78 is 5.45. The molecule has 2 aromatic carbocycles. The Morgan fingerprint density at radius 1 is 0.950 bits per heavy atom. The van der Waals surface area contributed by atoms with E-state index in [0.717, 1.165) is 31.8 Å². The fraction of sp³-hybridized carbons (Fsp3) is 0.235. The highest BCUT2D eigenvalue weighted by Crippen LogP contribution is 2.29. The molecule has 3 nitrogen and oxygen atoms in total. The third kappa shape index (κ3) is 1.91. The summed E-state index contributed by atoms with van der Waals surface area (Å²) in [7, 11) is 0. The smallest absolute Gasteiger partial charge is 0.0729 e. The average molecular weight is 264 g/mol. The highest BCUT2D eigenvalue weighted by atomic mass is 16.5. The van der Waals surface area contributed by atoms with Crippen LogP contribution in [0.25, 0.3) is 21.7 Å². The Morgan fingerprint density at radius 2 is 1.70 bits per heavy atom. The van der Waals surface area contributed by atoms with E-state index in [2.05, 4.69) is 52.3 Å². The first kappa shape index (κ1) is 11.7. The third-order valence-electron chi connectivity index (χ3n) is 3.94. The van der Waals surface area contributed by atoms with Crippen molar-refractivity contribution in [2.24, 2.45) is 0 Å². The van der Waals surface area contributed by atoms with Gasteiger partial charge in [-0.1, -0.05) is 24.3 Å². The number of aromatic nitrogens is 1. The lowest BCUT2D eigenvalue weighted by atomic mass is 10.1. The summed E-state index contributed by atoms with van der Waals surface area (Å²) in [5, 5.41) is 3.74. The molecule has 0 saturated carbocycles. The summed E-state index contributed by atoms with van der Waals surface area (Å²) >= 11 is 0. The Bertz CT molecular complexity index is 763. The molecule has 1 aliphatic rings. The summed E-state index contributed by atoms with van der Waals surface area (Å²) in [5.41, 5.74) is 2.33. The quantitative estimate of drug-likeness (QED) is 0.631. The van der Waals surface area contributed by atoms with Gasteiger partial charge in [-0.2, -0.15) is 0 Å². The molecule has 100 valence electrons. The Kier molecular flexibility index (Phi) is 2.78. The van der Waals surface area contributed by atoms with Crippen molar-refractivity contribution >= 4 is 27.4 Å². The zero-order chi connectivity index (χ0) is 13.4. The van der Waals surface area contributed by atoms with Gasteiger partial charge < -0.3 is 9.64 Å².